The molecule has 0 saturated carbocycles. The molecule has 1 aliphatic heterocycles. The molecule has 0 radical (unpaired) electrons. The molecule has 0 aliphatic carbocycles. The van der Waals surface area contributed by atoms with Gasteiger partial charge >= 0.3 is 0 Å². The van der Waals surface area contributed by atoms with E-state index < -0.39 is 0 Å². The van der Waals surface area contributed by atoms with Gasteiger partial charge in [0, 0.05) is 6.54 Å². The van der Waals surface area contributed by atoms with E-state index in [1.54, 1.807) is 0 Å². The molecule has 0 amide bonds. The Kier molecular flexibility index (Phi) is 7.19. The molecule has 1 fully saturated rings. The minimum Gasteiger partial charge on any atom is -0.380 e. The van der Waals surface area contributed by atoms with Crippen LogP contribution in [0.15, 0.2) is 12.7 Å². The second-order valence-corrected chi connectivity index (χ2v) is 4.77. The Labute approximate surface area is 91.5 Å². The van der Waals surface area contributed by atoms with Gasteiger partial charge in [-0.05, 0) is 36.8 Å². The van der Waals surface area contributed by atoms with Crippen molar-refractivity contribution < 1.29 is 4.74 Å². The van der Waals surface area contributed by atoms with Gasteiger partial charge in [0.25, 0.3) is 0 Å². The van der Waals surface area contributed by atoms with Gasteiger partial charge in [0.15, 0.2) is 0 Å². The molecule has 2 nitrogen and oxygen atoms in total. The quantitative estimate of drug-likeness (QED) is 0.494. The average molecular weight is 215 g/mol. The average Bonchev–Trinajstić information content (AvgIpc) is 2.69. The van der Waals surface area contributed by atoms with E-state index in [1.165, 1.54) is 17.9 Å². The lowest BCUT2D eigenvalue weighted by Crippen LogP contribution is -2.26. The zero-order chi connectivity index (χ0) is 10.1. The van der Waals surface area contributed by atoms with Crippen molar-refractivity contribution in [1.29, 1.82) is 0 Å². The van der Waals surface area contributed by atoms with Crippen LogP contribution in [-0.4, -0.2) is 37.8 Å². The van der Waals surface area contributed by atoms with Crippen LogP contribution in [0.4, 0.5) is 0 Å². The molecule has 0 bridgehead atoms. The maximum Gasteiger partial charge on any atom is 0.0591 e. The lowest BCUT2D eigenvalue weighted by molar-refractivity contribution is 0.140. The first-order valence-corrected chi connectivity index (χ1v) is 6.56. The third kappa shape index (κ3) is 5.68. The minimum atomic E-state index is 0.810. The van der Waals surface area contributed by atoms with E-state index in [9.17, 15) is 0 Å². The SMILES string of the molecule is C=CCCOCCNCC1CCSC1. The molecule has 82 valence electrons. The van der Waals surface area contributed by atoms with Gasteiger partial charge in [0.05, 0.1) is 13.2 Å². The Hall–Kier alpha value is 0.0100. The van der Waals surface area contributed by atoms with E-state index in [2.05, 4.69) is 23.7 Å². The van der Waals surface area contributed by atoms with E-state index in [-0.39, 0.29) is 0 Å². The van der Waals surface area contributed by atoms with Crippen LogP contribution in [0.2, 0.25) is 0 Å². The van der Waals surface area contributed by atoms with Gasteiger partial charge in [-0.2, -0.15) is 11.8 Å². The van der Waals surface area contributed by atoms with Gasteiger partial charge < -0.3 is 10.1 Å². The fourth-order valence-corrected chi connectivity index (χ4v) is 2.75. The Morgan fingerprint density at radius 1 is 1.50 bits per heavy atom. The van der Waals surface area contributed by atoms with Gasteiger partial charge in [0.1, 0.15) is 0 Å². The highest BCUT2D eigenvalue weighted by Crippen LogP contribution is 2.22. The lowest BCUT2D eigenvalue weighted by atomic mass is 10.1. The Morgan fingerprint density at radius 3 is 3.14 bits per heavy atom. The van der Waals surface area contributed by atoms with Gasteiger partial charge in [-0.25, -0.2) is 0 Å². The molecule has 1 saturated heterocycles. The number of hydrogen-bond donors (Lipinski definition) is 1. The molecular formula is C11H21NOS. The third-order valence-corrected chi connectivity index (χ3v) is 3.58. The fourth-order valence-electron chi connectivity index (χ4n) is 1.46. The molecule has 0 aromatic heterocycles. The summed E-state index contributed by atoms with van der Waals surface area (Å²) in [4.78, 5) is 0. The summed E-state index contributed by atoms with van der Waals surface area (Å²) < 4.78 is 5.40. The standard InChI is InChI=1S/C11H21NOS/c1-2-3-6-13-7-5-12-9-11-4-8-14-10-11/h2,11-12H,1,3-10H2. The molecule has 0 spiro atoms. The van der Waals surface area contributed by atoms with Crippen molar-refractivity contribution >= 4 is 11.8 Å². The second kappa shape index (κ2) is 8.33. The van der Waals surface area contributed by atoms with Crippen LogP contribution in [0.25, 0.3) is 0 Å². The number of hydrogen-bond acceptors (Lipinski definition) is 3. The van der Waals surface area contributed by atoms with Crippen LogP contribution in [-0.2, 0) is 4.74 Å². The molecule has 1 aliphatic rings. The van der Waals surface area contributed by atoms with Crippen LogP contribution in [0.3, 0.4) is 0 Å². The topological polar surface area (TPSA) is 21.3 Å². The molecule has 14 heavy (non-hydrogen) atoms. The molecule has 1 heterocycles. The summed E-state index contributed by atoms with van der Waals surface area (Å²) in [6.07, 6.45) is 4.23. The zero-order valence-corrected chi connectivity index (χ0v) is 9.65. The van der Waals surface area contributed by atoms with Crippen molar-refractivity contribution in [3.05, 3.63) is 12.7 Å². The van der Waals surface area contributed by atoms with Crippen molar-refractivity contribution in [3.8, 4) is 0 Å². The predicted octanol–water partition coefficient (Wildman–Crippen LogP) is 1.92. The molecule has 1 unspecified atom stereocenters. The van der Waals surface area contributed by atoms with Crippen LogP contribution >= 0.6 is 11.8 Å². The molecule has 3 heteroatoms. The van der Waals surface area contributed by atoms with Crippen molar-refractivity contribution in [2.75, 3.05) is 37.8 Å². The van der Waals surface area contributed by atoms with E-state index in [1.807, 2.05) is 6.08 Å². The van der Waals surface area contributed by atoms with Gasteiger partial charge in [0.2, 0.25) is 0 Å². The van der Waals surface area contributed by atoms with Crippen molar-refractivity contribution in [2.45, 2.75) is 12.8 Å². The summed E-state index contributed by atoms with van der Waals surface area (Å²) >= 11 is 2.07. The Bertz CT molecular complexity index is 146. The first-order chi connectivity index (χ1) is 6.93. The largest absolute Gasteiger partial charge is 0.380 e. The normalized spacial score (nSPS) is 21.3. The molecule has 1 atom stereocenters. The number of nitrogens with one attached hydrogen (secondary N) is 1. The monoisotopic (exact) mass is 215 g/mol. The maximum atomic E-state index is 5.40. The van der Waals surface area contributed by atoms with E-state index in [0.29, 0.717) is 0 Å². The van der Waals surface area contributed by atoms with Gasteiger partial charge in [-0.1, -0.05) is 6.08 Å². The smallest absolute Gasteiger partial charge is 0.0591 e. The summed E-state index contributed by atoms with van der Waals surface area (Å²) in [5.41, 5.74) is 0. The number of thioether (sulfide) groups is 1. The van der Waals surface area contributed by atoms with E-state index in [0.717, 1.165) is 38.6 Å². The van der Waals surface area contributed by atoms with Gasteiger partial charge in [-0.3, -0.25) is 0 Å². The maximum absolute atomic E-state index is 5.40. The minimum absolute atomic E-state index is 0.810. The highest BCUT2D eigenvalue weighted by Gasteiger charge is 2.13. The van der Waals surface area contributed by atoms with Crippen LogP contribution < -0.4 is 5.32 Å². The summed E-state index contributed by atoms with van der Waals surface area (Å²) in [6, 6.07) is 0. The first-order valence-electron chi connectivity index (χ1n) is 5.40. The third-order valence-electron chi connectivity index (χ3n) is 2.35. The summed E-state index contributed by atoms with van der Waals surface area (Å²) in [5, 5.41) is 3.44. The summed E-state index contributed by atoms with van der Waals surface area (Å²) in [6.45, 7) is 7.44. The highest BCUT2D eigenvalue weighted by atomic mass is 32.2. The van der Waals surface area contributed by atoms with E-state index >= 15 is 0 Å². The molecule has 0 aromatic rings. The molecular weight excluding hydrogens is 194 g/mol. The summed E-state index contributed by atoms with van der Waals surface area (Å²) in [5.74, 6) is 3.58. The van der Waals surface area contributed by atoms with Crippen molar-refractivity contribution in [2.24, 2.45) is 5.92 Å². The van der Waals surface area contributed by atoms with Gasteiger partial charge in [-0.15, -0.1) is 6.58 Å². The molecule has 0 aromatic carbocycles. The lowest BCUT2D eigenvalue weighted by Gasteiger charge is -2.09. The van der Waals surface area contributed by atoms with Crippen LogP contribution in [0.1, 0.15) is 12.8 Å². The van der Waals surface area contributed by atoms with Crippen molar-refractivity contribution in [3.63, 3.8) is 0 Å². The predicted molar refractivity (Wildman–Crippen MR) is 63.9 cm³/mol. The Morgan fingerprint density at radius 2 is 2.43 bits per heavy atom. The van der Waals surface area contributed by atoms with Crippen LogP contribution in [0.5, 0.6) is 0 Å². The highest BCUT2D eigenvalue weighted by molar-refractivity contribution is 7.99. The zero-order valence-electron chi connectivity index (χ0n) is 8.84. The first kappa shape index (κ1) is 12.1. The molecule has 1 N–H and O–H groups in total. The number of ether oxygens (including phenoxy) is 1. The van der Waals surface area contributed by atoms with Crippen molar-refractivity contribution in [1.82, 2.24) is 5.32 Å². The Balaban J connectivity index is 1.77. The fraction of sp³-hybridized carbons (Fsp3) is 0.818. The summed E-state index contributed by atoms with van der Waals surface area (Å²) in [7, 11) is 0. The number of rotatable bonds is 8. The van der Waals surface area contributed by atoms with E-state index in [4.69, 9.17) is 4.74 Å². The molecule has 1 rings (SSSR count). The second-order valence-electron chi connectivity index (χ2n) is 3.62. The van der Waals surface area contributed by atoms with Crippen LogP contribution in [0, 0.1) is 5.92 Å².